The molecule has 0 amide bonds. The van der Waals surface area contributed by atoms with Gasteiger partial charge in [0.1, 0.15) is 7.85 Å². The molecule has 114 valence electrons. The van der Waals surface area contributed by atoms with E-state index in [-0.39, 0.29) is 0 Å². The van der Waals surface area contributed by atoms with Crippen molar-refractivity contribution in [1.29, 1.82) is 0 Å². The molecule has 0 atom stereocenters. The van der Waals surface area contributed by atoms with Crippen molar-refractivity contribution in [2.45, 2.75) is 0 Å². The predicted octanol–water partition coefficient (Wildman–Crippen LogP) is 3.40. The molecule has 2 aromatic rings. The van der Waals surface area contributed by atoms with E-state index >= 15 is 0 Å². The van der Waals surface area contributed by atoms with Gasteiger partial charge in [-0.05, 0) is 5.46 Å². The van der Waals surface area contributed by atoms with Crippen molar-refractivity contribution in [1.82, 2.24) is 0 Å². The van der Waals surface area contributed by atoms with Gasteiger partial charge in [-0.1, -0.05) is 0 Å². The van der Waals surface area contributed by atoms with Gasteiger partial charge in [0.2, 0.25) is 5.82 Å². The highest BCUT2D eigenvalue weighted by Crippen LogP contribution is 2.35. The lowest BCUT2D eigenvalue weighted by molar-refractivity contribution is 0.379. The summed E-state index contributed by atoms with van der Waals surface area (Å²) in [5.74, 6) is -22.3. The van der Waals surface area contributed by atoms with Crippen LogP contribution in [0.15, 0.2) is 0 Å². The van der Waals surface area contributed by atoms with E-state index in [2.05, 4.69) is 7.85 Å². The minimum atomic E-state index is -2.62. The molecule has 0 aliphatic carbocycles. The quantitative estimate of drug-likeness (QED) is 0.326. The molecule has 0 aliphatic rings. The van der Waals surface area contributed by atoms with E-state index < -0.39 is 68.9 Å². The zero-order valence-electron chi connectivity index (χ0n) is 9.98. The van der Waals surface area contributed by atoms with Crippen LogP contribution in [-0.2, 0) is 0 Å². The van der Waals surface area contributed by atoms with Gasteiger partial charge in [-0.15, -0.1) is 0 Å². The van der Waals surface area contributed by atoms with E-state index in [4.69, 9.17) is 0 Å². The highest BCUT2D eigenvalue weighted by Gasteiger charge is 2.33. The Kier molecular flexibility index (Phi) is 3.88. The van der Waals surface area contributed by atoms with Crippen molar-refractivity contribution < 1.29 is 39.5 Å². The fraction of sp³-hybridized carbons (Fsp3) is 0. The van der Waals surface area contributed by atoms with E-state index in [9.17, 15) is 39.5 Å². The predicted molar refractivity (Wildman–Crippen MR) is 56.9 cm³/mol. The summed E-state index contributed by atoms with van der Waals surface area (Å²) in [6.45, 7) is 0. The zero-order valence-corrected chi connectivity index (χ0v) is 9.98. The van der Waals surface area contributed by atoms with Crippen molar-refractivity contribution >= 4 is 13.3 Å². The Hall–Kier alpha value is -2.13. The van der Waals surface area contributed by atoms with Crippen molar-refractivity contribution in [3.63, 3.8) is 0 Å². The molecule has 0 aromatic heterocycles. The van der Waals surface area contributed by atoms with Crippen LogP contribution < -0.4 is 5.46 Å². The van der Waals surface area contributed by atoms with Crippen LogP contribution in [-0.4, -0.2) is 7.85 Å². The number of halogens is 9. The van der Waals surface area contributed by atoms with E-state index in [0.717, 1.165) is 0 Å². The lowest BCUT2D eigenvalue weighted by Gasteiger charge is -2.13. The molecule has 2 radical (unpaired) electrons. The second-order valence-electron chi connectivity index (χ2n) is 3.99. The van der Waals surface area contributed by atoms with Gasteiger partial charge in [-0.3, -0.25) is 0 Å². The second kappa shape index (κ2) is 5.26. The van der Waals surface area contributed by atoms with Crippen molar-refractivity contribution in [2.24, 2.45) is 0 Å². The Morgan fingerprint density at radius 3 is 0.909 bits per heavy atom. The first kappa shape index (κ1) is 16.2. The molecule has 0 fully saturated rings. The van der Waals surface area contributed by atoms with Gasteiger partial charge in [-0.25, -0.2) is 39.5 Å². The first-order chi connectivity index (χ1) is 10.1. The molecule has 0 spiro atoms. The molecule has 2 aromatic carbocycles. The number of rotatable bonds is 1. The van der Waals surface area contributed by atoms with Gasteiger partial charge >= 0.3 is 0 Å². The fourth-order valence-corrected chi connectivity index (χ4v) is 1.69. The first-order valence-electron chi connectivity index (χ1n) is 5.24. The molecule has 0 aliphatic heterocycles. The third-order valence-electron chi connectivity index (χ3n) is 2.76. The van der Waals surface area contributed by atoms with Crippen LogP contribution in [0.2, 0.25) is 0 Å². The monoisotopic (exact) mass is 326 g/mol. The molecule has 0 saturated carbocycles. The SMILES string of the molecule is [B]c1c(F)c(F)c(-c2c(F)c(F)c(F)c(F)c2F)c(F)c1F. The Morgan fingerprint density at radius 2 is 0.591 bits per heavy atom. The average Bonchev–Trinajstić information content (AvgIpc) is 2.50. The highest BCUT2D eigenvalue weighted by atomic mass is 19.2. The normalized spacial score (nSPS) is 11.1. The minimum Gasteiger partial charge on any atom is -0.204 e. The Bertz CT molecular complexity index is 675. The van der Waals surface area contributed by atoms with E-state index in [1.54, 1.807) is 0 Å². The summed E-state index contributed by atoms with van der Waals surface area (Å²) in [4.78, 5) is 0. The number of benzene rings is 2. The zero-order chi connectivity index (χ0) is 16.9. The topological polar surface area (TPSA) is 0 Å². The lowest BCUT2D eigenvalue weighted by Crippen LogP contribution is -2.20. The van der Waals surface area contributed by atoms with Gasteiger partial charge in [0, 0.05) is 0 Å². The van der Waals surface area contributed by atoms with Crippen LogP contribution in [0.1, 0.15) is 0 Å². The summed E-state index contributed by atoms with van der Waals surface area (Å²) in [6, 6.07) is 0. The van der Waals surface area contributed by atoms with E-state index in [1.165, 1.54) is 0 Å². The molecule has 0 N–H and O–H groups in total. The maximum absolute atomic E-state index is 13.6. The summed E-state index contributed by atoms with van der Waals surface area (Å²) in [5, 5.41) is 0. The molecular weight excluding hydrogens is 326 g/mol. The minimum absolute atomic E-state index is 1.65. The Morgan fingerprint density at radius 1 is 0.364 bits per heavy atom. The molecule has 0 saturated heterocycles. The molecule has 22 heavy (non-hydrogen) atoms. The van der Waals surface area contributed by atoms with Crippen LogP contribution in [0.5, 0.6) is 0 Å². The van der Waals surface area contributed by atoms with Gasteiger partial charge in [0.15, 0.2) is 46.5 Å². The van der Waals surface area contributed by atoms with E-state index in [1.807, 2.05) is 0 Å². The molecule has 2 rings (SSSR count). The maximum Gasteiger partial charge on any atom is 0.200 e. The molecule has 10 heteroatoms. The second-order valence-corrected chi connectivity index (χ2v) is 3.99. The molecule has 0 nitrogen and oxygen atoms in total. The molecule has 0 unspecified atom stereocenters. The first-order valence-corrected chi connectivity index (χ1v) is 5.24. The van der Waals surface area contributed by atoms with Crippen LogP contribution in [0, 0.1) is 52.4 Å². The maximum atomic E-state index is 13.6. The lowest BCUT2D eigenvalue weighted by atomic mass is 9.90. The van der Waals surface area contributed by atoms with Crippen LogP contribution in [0.25, 0.3) is 11.1 Å². The van der Waals surface area contributed by atoms with Crippen LogP contribution in [0.4, 0.5) is 39.5 Å². The van der Waals surface area contributed by atoms with E-state index in [0.29, 0.717) is 0 Å². The standard InChI is InChI=1S/C12BF9/c13-3-8(18)4(14)1(5(15)9(3)19)2-6(16)10(20)12(22)11(21)7(2)17. The van der Waals surface area contributed by atoms with Gasteiger partial charge in [0.05, 0.1) is 11.1 Å². The number of hydrogen-bond donors (Lipinski definition) is 0. The van der Waals surface area contributed by atoms with Gasteiger partial charge < -0.3 is 0 Å². The average molecular weight is 326 g/mol. The summed E-state index contributed by atoms with van der Waals surface area (Å²) in [6.07, 6.45) is 0. The number of hydrogen-bond acceptors (Lipinski definition) is 0. The molecular formula is C12BF9. The Balaban J connectivity index is 3.03. The summed E-state index contributed by atoms with van der Waals surface area (Å²) >= 11 is 0. The van der Waals surface area contributed by atoms with Crippen LogP contribution in [0.3, 0.4) is 0 Å². The largest absolute Gasteiger partial charge is 0.204 e. The summed E-state index contributed by atoms with van der Waals surface area (Å²) < 4.78 is 120. The summed E-state index contributed by atoms with van der Waals surface area (Å²) in [5.41, 5.74) is -5.90. The summed E-state index contributed by atoms with van der Waals surface area (Å²) in [7, 11) is 4.66. The third kappa shape index (κ3) is 2.05. The third-order valence-corrected chi connectivity index (χ3v) is 2.76. The van der Waals surface area contributed by atoms with Crippen molar-refractivity contribution in [2.75, 3.05) is 0 Å². The smallest absolute Gasteiger partial charge is 0.200 e. The van der Waals surface area contributed by atoms with Crippen molar-refractivity contribution in [3.8, 4) is 11.1 Å². The molecule has 0 heterocycles. The molecule has 0 bridgehead atoms. The Labute approximate surface area is 117 Å². The van der Waals surface area contributed by atoms with Crippen molar-refractivity contribution in [3.05, 3.63) is 52.4 Å². The highest BCUT2D eigenvalue weighted by molar-refractivity contribution is 6.32. The van der Waals surface area contributed by atoms with Gasteiger partial charge in [0.25, 0.3) is 0 Å². The fourth-order valence-electron chi connectivity index (χ4n) is 1.69. The van der Waals surface area contributed by atoms with Gasteiger partial charge in [-0.2, -0.15) is 0 Å². The van der Waals surface area contributed by atoms with Crippen LogP contribution >= 0.6 is 0 Å².